The number of aromatic nitrogens is 14. The summed E-state index contributed by atoms with van der Waals surface area (Å²) in [4.78, 5) is 56.0. The molecule has 0 aliphatic carbocycles. The summed E-state index contributed by atoms with van der Waals surface area (Å²) in [6, 6.07) is 11.1. The molecular formula is C43H47Cl2KN17O5-. The van der Waals surface area contributed by atoms with Gasteiger partial charge in [-0.1, -0.05) is 99.3 Å². The summed E-state index contributed by atoms with van der Waals surface area (Å²) < 4.78 is 13.4. The van der Waals surface area contributed by atoms with Crippen molar-refractivity contribution in [1.82, 2.24) is 69.7 Å². The summed E-state index contributed by atoms with van der Waals surface area (Å²) in [6.07, 6.45) is 12.1. The van der Waals surface area contributed by atoms with Crippen molar-refractivity contribution < 1.29 is 75.5 Å². The van der Waals surface area contributed by atoms with Gasteiger partial charge in [0.1, 0.15) is 12.7 Å². The van der Waals surface area contributed by atoms with Gasteiger partial charge in [-0.05, 0) is 29.7 Å². The van der Waals surface area contributed by atoms with E-state index in [9.17, 15) is 9.59 Å². The summed E-state index contributed by atoms with van der Waals surface area (Å²) in [5, 5.41) is 22.7. The molecule has 0 bridgehead atoms. The van der Waals surface area contributed by atoms with Crippen LogP contribution in [0.5, 0.6) is 0 Å². The number of nitrogens with zero attached hydrogens (tertiary/aromatic N) is 14. The third-order valence-corrected chi connectivity index (χ3v) is 9.71. The average molecular weight is 992 g/mol. The Labute approximate surface area is 443 Å². The van der Waals surface area contributed by atoms with E-state index in [2.05, 4.69) is 71.0 Å². The number of hydrogen-bond acceptors (Lipinski definition) is 20. The first-order valence-corrected chi connectivity index (χ1v) is 20.9. The monoisotopic (exact) mass is 990 g/mol. The number of aryl methyl sites for hydroxylation is 3. The van der Waals surface area contributed by atoms with Crippen LogP contribution < -0.4 is 67.8 Å². The second-order valence-electron chi connectivity index (χ2n) is 16.5. The topological polar surface area (TPSA) is 305 Å². The van der Waals surface area contributed by atoms with E-state index in [4.69, 9.17) is 38.0 Å². The van der Waals surface area contributed by atoms with Gasteiger partial charge in [0.15, 0.2) is 11.6 Å². The minimum absolute atomic E-state index is 0. The molecule has 5 N–H and O–H groups in total. The fourth-order valence-corrected chi connectivity index (χ4v) is 6.07. The molecule has 25 heteroatoms. The molecule has 0 unspecified atom stereocenters. The van der Waals surface area contributed by atoms with E-state index in [1.165, 1.54) is 12.7 Å². The maximum absolute atomic E-state index is 12.5. The molecule has 68 heavy (non-hydrogen) atoms. The number of Topliss-reactive ketones (excluding diaryl/α,β-unsaturated/α-hetero) is 1. The molecule has 0 radical (unpaired) electrons. The fraction of sp³-hybridized carbons (Fsp3) is 0.302. The quantitative estimate of drug-likeness (QED) is 0.0886. The maximum Gasteiger partial charge on any atom is 1.00 e. The summed E-state index contributed by atoms with van der Waals surface area (Å²) in [5.74, 6) is 2.61. The normalized spacial score (nSPS) is 10.9. The predicted octanol–water partition coefficient (Wildman–Crippen LogP) is 3.95. The van der Waals surface area contributed by atoms with Crippen molar-refractivity contribution in [1.29, 1.82) is 0 Å². The van der Waals surface area contributed by atoms with Crippen molar-refractivity contribution in [3.63, 3.8) is 0 Å². The molecule has 0 spiro atoms. The van der Waals surface area contributed by atoms with Crippen molar-refractivity contribution in [3.8, 4) is 22.8 Å². The molecule has 22 nitrogen and oxygen atoms in total. The van der Waals surface area contributed by atoms with Crippen LogP contribution in [0, 0.1) is 0 Å². The number of hydrogen-bond donors (Lipinski definition) is 3. The van der Waals surface area contributed by atoms with Gasteiger partial charge >= 0.3 is 51.4 Å². The van der Waals surface area contributed by atoms with Crippen LogP contribution in [0.15, 0.2) is 82.9 Å². The van der Waals surface area contributed by atoms with Crippen molar-refractivity contribution in [2.75, 3.05) is 10.6 Å². The summed E-state index contributed by atoms with van der Waals surface area (Å²) in [5.41, 5.74) is 9.91. The first kappa shape index (κ1) is 54.8. The second-order valence-corrected chi connectivity index (χ2v) is 17.3. The van der Waals surface area contributed by atoms with Gasteiger partial charge in [-0.15, -0.1) is 0 Å². The number of carbonyl (C=O) groups is 1. The number of halogens is 2. The van der Waals surface area contributed by atoms with Crippen LogP contribution in [-0.4, -0.2) is 87.3 Å². The van der Waals surface area contributed by atoms with Gasteiger partial charge in [-0.25, -0.2) is 24.9 Å². The number of anilines is 4. The Kier molecular flexibility index (Phi) is 19.8. The van der Waals surface area contributed by atoms with Gasteiger partial charge < -0.3 is 35.7 Å². The second kappa shape index (κ2) is 24.5. The predicted molar refractivity (Wildman–Crippen MR) is 247 cm³/mol. The number of nitrogens with two attached hydrogens (primary N) is 1. The minimum atomic E-state index is -0.312. The Balaban J connectivity index is 0.000000248. The zero-order valence-electron chi connectivity index (χ0n) is 38.7. The van der Waals surface area contributed by atoms with Crippen LogP contribution in [0.1, 0.15) is 87.3 Å². The molecule has 8 rings (SSSR count). The van der Waals surface area contributed by atoms with E-state index in [0.717, 1.165) is 33.6 Å². The van der Waals surface area contributed by atoms with Gasteiger partial charge in [0.25, 0.3) is 0 Å². The first-order valence-electron chi connectivity index (χ1n) is 20.1. The Morgan fingerprint density at radius 2 is 1.21 bits per heavy atom. The van der Waals surface area contributed by atoms with E-state index < -0.39 is 0 Å². The van der Waals surface area contributed by atoms with E-state index >= 15 is 0 Å². The first-order chi connectivity index (χ1) is 31.4. The van der Waals surface area contributed by atoms with Crippen molar-refractivity contribution in [2.24, 2.45) is 19.8 Å². The fourth-order valence-electron chi connectivity index (χ4n) is 5.53. The third-order valence-electron chi connectivity index (χ3n) is 9.01. The maximum atomic E-state index is 12.5. The zero-order valence-corrected chi connectivity index (χ0v) is 43.4. The molecule has 0 saturated heterocycles. The van der Waals surface area contributed by atoms with Crippen LogP contribution in [0.2, 0.25) is 10.0 Å². The smallest absolute Gasteiger partial charge is 0.870 e. The summed E-state index contributed by atoms with van der Waals surface area (Å²) in [7, 11) is 3.66. The van der Waals surface area contributed by atoms with Crippen LogP contribution in [-0.2, 0) is 42.7 Å². The Morgan fingerprint density at radius 3 is 1.60 bits per heavy atom. The molecule has 350 valence electrons. The number of nitrogens with one attached hydrogen (secondary N) is 2. The Bertz CT molecular complexity index is 2920. The van der Waals surface area contributed by atoms with Gasteiger partial charge in [0.2, 0.25) is 35.3 Å². The van der Waals surface area contributed by atoms with Gasteiger partial charge in [-0.2, -0.15) is 31.4 Å². The SMILES string of the molecule is CC(C)(C)c1nc([C-]=O)no1.Cn1cc(Nc2ncnc(-c3ccc(CCC(=O)c4noc(C(C)(C)C)n4)c(Cl)c3)n2)cn1.Cn1cc(Nc2ncnc(-c3ccc(CN)c(Cl)c3)n2)cn1.[K+].[OH-]. The molecule has 6 heterocycles. The van der Waals surface area contributed by atoms with Crippen molar-refractivity contribution in [3.05, 3.63) is 118 Å². The number of rotatable bonds is 12. The molecule has 0 fully saturated rings. The van der Waals surface area contributed by atoms with Gasteiger partial charge in [-0.3, -0.25) is 14.2 Å². The van der Waals surface area contributed by atoms with E-state index in [-0.39, 0.29) is 91.5 Å². The van der Waals surface area contributed by atoms with E-state index in [1.54, 1.807) is 40.2 Å². The van der Waals surface area contributed by atoms with Gasteiger partial charge in [0.05, 0.1) is 29.6 Å². The van der Waals surface area contributed by atoms with Crippen LogP contribution >= 0.6 is 23.2 Å². The van der Waals surface area contributed by atoms with Crippen molar-refractivity contribution in [2.45, 2.75) is 71.8 Å². The van der Waals surface area contributed by atoms with Gasteiger partial charge in [0, 0.05) is 71.5 Å². The molecule has 0 aliphatic rings. The summed E-state index contributed by atoms with van der Waals surface area (Å²) in [6.45, 7) is 12.0. The molecule has 0 aliphatic heterocycles. The standard InChI is InChI=1S/C22H23ClN8O2.C14H14ClN7.C7H9N2O2.K.H2O/c1-22(2,3)20-28-19(30-33-20)17(32)8-7-13-5-6-14(9-16(13)23)18-24-12-25-21(29-18)27-15-10-26-31(4)11-15;1-22-7-11(6-19-22)20-14-18-8-17-13(21-14)9-2-3-10(5-16)12(15)4-9;1-7(2,3)6-8-5(4-10)9-11-6;;/h5-6,9-12H,7-8H2,1-4H3,(H,24,25,27,29);2-4,6-8H,5,16H2,1H3,(H,17,18,20,21);1-3H3;;1H2/q;;-1;+1;/p-1. The third kappa shape index (κ3) is 15.4. The molecule has 0 amide bonds. The molecular weight excluding hydrogens is 945 g/mol. The molecule has 8 aromatic rings. The average Bonchev–Trinajstić information content (AvgIpc) is 4.12. The molecule has 0 saturated carbocycles. The van der Waals surface area contributed by atoms with E-state index in [0.29, 0.717) is 58.3 Å². The molecule has 0 atom stereocenters. The molecule has 2 aromatic carbocycles. The Morgan fingerprint density at radius 1 is 0.721 bits per heavy atom. The van der Waals surface area contributed by atoms with E-state index in [1.807, 2.05) is 92.3 Å². The summed E-state index contributed by atoms with van der Waals surface area (Å²) >= 11 is 12.7. The Hall–Kier alpha value is -5.76. The number of benzene rings is 2. The minimum Gasteiger partial charge on any atom is -0.870 e. The van der Waals surface area contributed by atoms with Crippen LogP contribution in [0.3, 0.4) is 0 Å². The van der Waals surface area contributed by atoms with Crippen LogP contribution in [0.4, 0.5) is 23.3 Å². The number of ketones is 1. The van der Waals surface area contributed by atoms with Crippen molar-refractivity contribution >= 4 is 58.5 Å². The molecule has 6 aromatic heterocycles. The largest absolute Gasteiger partial charge is 1.00 e. The van der Waals surface area contributed by atoms with Crippen LogP contribution in [0.25, 0.3) is 22.8 Å². The number of carbonyl (C=O) groups excluding carboxylic acids is 2. The zero-order chi connectivity index (χ0) is 47.6.